The Bertz CT molecular complexity index is 301. The van der Waals surface area contributed by atoms with Gasteiger partial charge in [-0.25, -0.2) is 0 Å². The van der Waals surface area contributed by atoms with Crippen LogP contribution in [0.1, 0.15) is 35.9 Å². The third-order valence-corrected chi connectivity index (χ3v) is 4.22. The van der Waals surface area contributed by atoms with Gasteiger partial charge < -0.3 is 5.32 Å². The van der Waals surface area contributed by atoms with Crippen molar-refractivity contribution in [1.82, 2.24) is 5.32 Å². The van der Waals surface area contributed by atoms with Crippen molar-refractivity contribution in [3.05, 3.63) is 21.9 Å². The van der Waals surface area contributed by atoms with E-state index < -0.39 is 0 Å². The highest BCUT2D eigenvalue weighted by atomic mass is 32.1. The summed E-state index contributed by atoms with van der Waals surface area (Å²) in [7, 11) is 0. The first-order valence-electron chi connectivity index (χ1n) is 6.08. The maximum absolute atomic E-state index is 3.63. The van der Waals surface area contributed by atoms with Crippen molar-refractivity contribution < 1.29 is 0 Å². The monoisotopic (exact) mass is 223 g/mol. The van der Waals surface area contributed by atoms with Crippen LogP contribution >= 0.6 is 11.3 Å². The zero-order chi connectivity index (χ0) is 10.7. The minimum absolute atomic E-state index is 0.775. The molecule has 0 saturated heterocycles. The van der Waals surface area contributed by atoms with E-state index in [4.69, 9.17) is 0 Å². The van der Waals surface area contributed by atoms with Gasteiger partial charge in [0.2, 0.25) is 0 Å². The third kappa shape index (κ3) is 3.32. The first-order valence-corrected chi connectivity index (χ1v) is 6.90. The summed E-state index contributed by atoms with van der Waals surface area (Å²) >= 11 is 1.95. The molecule has 15 heavy (non-hydrogen) atoms. The van der Waals surface area contributed by atoms with Crippen LogP contribution in [-0.4, -0.2) is 12.6 Å². The van der Waals surface area contributed by atoms with Gasteiger partial charge in [0.15, 0.2) is 0 Å². The van der Waals surface area contributed by atoms with Crippen LogP contribution in [0.2, 0.25) is 0 Å². The van der Waals surface area contributed by atoms with Crippen LogP contribution in [0.3, 0.4) is 0 Å². The molecular formula is C13H21NS. The van der Waals surface area contributed by atoms with Crippen LogP contribution < -0.4 is 5.32 Å². The Labute approximate surface area is 96.9 Å². The second-order valence-electron chi connectivity index (χ2n) is 4.55. The molecule has 84 valence electrons. The van der Waals surface area contributed by atoms with Crippen molar-refractivity contribution in [2.75, 3.05) is 6.54 Å². The van der Waals surface area contributed by atoms with Crippen LogP contribution in [-0.2, 0) is 6.42 Å². The Hall–Kier alpha value is -0.340. The fourth-order valence-electron chi connectivity index (χ4n) is 2.18. The molecule has 0 radical (unpaired) electrons. The Balaban J connectivity index is 1.79. The van der Waals surface area contributed by atoms with Gasteiger partial charge in [0.25, 0.3) is 0 Å². The maximum atomic E-state index is 3.63. The molecule has 1 unspecified atom stereocenters. The average Bonchev–Trinajstić information content (AvgIpc) is 2.97. The average molecular weight is 223 g/mol. The summed E-state index contributed by atoms with van der Waals surface area (Å²) in [5.74, 6) is 0.978. The van der Waals surface area contributed by atoms with E-state index in [1.165, 1.54) is 30.6 Å². The van der Waals surface area contributed by atoms with Crippen molar-refractivity contribution in [2.24, 2.45) is 5.92 Å². The standard InChI is InChI=1S/C13H21NS/c1-3-14-13(11-5-6-11)9-8-12-7-4-10(2)15-12/h4,7,11,13-14H,3,5-6,8-9H2,1-2H3. The minimum atomic E-state index is 0.775. The summed E-state index contributed by atoms with van der Waals surface area (Å²) in [4.78, 5) is 2.99. The highest BCUT2D eigenvalue weighted by Crippen LogP contribution is 2.34. The highest BCUT2D eigenvalue weighted by Gasteiger charge is 2.29. The molecule has 1 aliphatic carbocycles. The van der Waals surface area contributed by atoms with E-state index in [0.717, 1.165) is 18.5 Å². The topological polar surface area (TPSA) is 12.0 Å². The van der Waals surface area contributed by atoms with Crippen LogP contribution in [0.5, 0.6) is 0 Å². The molecule has 2 heteroatoms. The molecule has 2 rings (SSSR count). The van der Waals surface area contributed by atoms with Crippen LogP contribution in [0.4, 0.5) is 0 Å². The molecule has 0 amide bonds. The van der Waals surface area contributed by atoms with E-state index >= 15 is 0 Å². The normalized spacial score (nSPS) is 18.0. The van der Waals surface area contributed by atoms with E-state index in [2.05, 4.69) is 31.3 Å². The fraction of sp³-hybridized carbons (Fsp3) is 0.692. The summed E-state index contributed by atoms with van der Waals surface area (Å²) in [5, 5.41) is 3.63. The molecule has 0 spiro atoms. The van der Waals surface area contributed by atoms with Crippen molar-refractivity contribution >= 4 is 11.3 Å². The number of rotatable bonds is 6. The van der Waals surface area contributed by atoms with Gasteiger partial charge in [0.1, 0.15) is 0 Å². The maximum Gasteiger partial charge on any atom is 0.00986 e. The third-order valence-electron chi connectivity index (χ3n) is 3.16. The van der Waals surface area contributed by atoms with Gasteiger partial charge >= 0.3 is 0 Å². The van der Waals surface area contributed by atoms with Gasteiger partial charge in [-0.3, -0.25) is 0 Å². The highest BCUT2D eigenvalue weighted by molar-refractivity contribution is 7.11. The van der Waals surface area contributed by atoms with Crippen molar-refractivity contribution in [1.29, 1.82) is 0 Å². The van der Waals surface area contributed by atoms with Crippen LogP contribution in [0, 0.1) is 12.8 Å². The predicted molar refractivity (Wildman–Crippen MR) is 67.6 cm³/mol. The molecule has 1 saturated carbocycles. The van der Waals surface area contributed by atoms with Crippen molar-refractivity contribution in [3.8, 4) is 0 Å². The van der Waals surface area contributed by atoms with E-state index in [9.17, 15) is 0 Å². The number of thiophene rings is 1. The Morgan fingerprint density at radius 2 is 2.27 bits per heavy atom. The number of hydrogen-bond acceptors (Lipinski definition) is 2. The van der Waals surface area contributed by atoms with Gasteiger partial charge in [-0.1, -0.05) is 6.92 Å². The number of nitrogens with one attached hydrogen (secondary N) is 1. The second-order valence-corrected chi connectivity index (χ2v) is 5.93. The molecule has 1 heterocycles. The Kier molecular flexibility index (Phi) is 3.81. The van der Waals surface area contributed by atoms with Gasteiger partial charge in [0.05, 0.1) is 0 Å². The minimum Gasteiger partial charge on any atom is -0.314 e. The molecule has 1 N–H and O–H groups in total. The summed E-state index contributed by atoms with van der Waals surface area (Å²) < 4.78 is 0. The lowest BCUT2D eigenvalue weighted by Gasteiger charge is -2.16. The van der Waals surface area contributed by atoms with Crippen molar-refractivity contribution in [3.63, 3.8) is 0 Å². The lowest BCUT2D eigenvalue weighted by molar-refractivity contribution is 0.447. The second kappa shape index (κ2) is 5.13. The quantitative estimate of drug-likeness (QED) is 0.779. The van der Waals surface area contributed by atoms with E-state index in [0.29, 0.717) is 0 Å². The van der Waals surface area contributed by atoms with E-state index in [1.807, 2.05) is 11.3 Å². The molecule has 1 fully saturated rings. The van der Waals surface area contributed by atoms with Gasteiger partial charge in [-0.15, -0.1) is 11.3 Å². The van der Waals surface area contributed by atoms with Gasteiger partial charge in [0, 0.05) is 15.8 Å². The number of hydrogen-bond donors (Lipinski definition) is 1. The van der Waals surface area contributed by atoms with Gasteiger partial charge in [-0.05, 0) is 57.2 Å². The van der Waals surface area contributed by atoms with E-state index in [1.54, 1.807) is 4.88 Å². The molecule has 1 nitrogen and oxygen atoms in total. The fourth-order valence-corrected chi connectivity index (χ4v) is 3.09. The smallest absolute Gasteiger partial charge is 0.00986 e. The van der Waals surface area contributed by atoms with Crippen LogP contribution in [0.15, 0.2) is 12.1 Å². The molecule has 1 aromatic rings. The van der Waals surface area contributed by atoms with Gasteiger partial charge in [-0.2, -0.15) is 0 Å². The first-order chi connectivity index (χ1) is 7.29. The summed E-state index contributed by atoms with van der Waals surface area (Å²) in [6, 6.07) is 5.30. The predicted octanol–water partition coefficient (Wildman–Crippen LogP) is 3.38. The van der Waals surface area contributed by atoms with E-state index in [-0.39, 0.29) is 0 Å². The van der Waals surface area contributed by atoms with Crippen molar-refractivity contribution in [2.45, 2.75) is 45.6 Å². The molecule has 1 aliphatic rings. The molecule has 0 bridgehead atoms. The zero-order valence-corrected chi connectivity index (χ0v) is 10.6. The Morgan fingerprint density at radius 3 is 2.80 bits per heavy atom. The first kappa shape index (κ1) is 11.2. The molecule has 0 aromatic carbocycles. The molecule has 1 atom stereocenters. The summed E-state index contributed by atoms with van der Waals surface area (Å²) in [6.45, 7) is 5.52. The zero-order valence-electron chi connectivity index (χ0n) is 9.75. The largest absolute Gasteiger partial charge is 0.314 e. The lowest BCUT2D eigenvalue weighted by atomic mass is 10.1. The lowest BCUT2D eigenvalue weighted by Crippen LogP contribution is -2.31. The Morgan fingerprint density at radius 1 is 1.47 bits per heavy atom. The number of aryl methyl sites for hydroxylation is 2. The molecule has 0 aliphatic heterocycles. The summed E-state index contributed by atoms with van der Waals surface area (Å²) in [5.41, 5.74) is 0. The summed E-state index contributed by atoms with van der Waals surface area (Å²) in [6.07, 6.45) is 5.47. The van der Waals surface area contributed by atoms with Crippen LogP contribution in [0.25, 0.3) is 0 Å². The molecular weight excluding hydrogens is 202 g/mol. The molecule has 1 aromatic heterocycles. The SMILES string of the molecule is CCNC(CCc1ccc(C)s1)C1CC1.